The van der Waals surface area contributed by atoms with Gasteiger partial charge in [-0.3, -0.25) is 15.8 Å². The molecule has 2 aromatic rings. The second-order valence-corrected chi connectivity index (χ2v) is 7.70. The Kier molecular flexibility index (Phi) is 3.75. The lowest BCUT2D eigenvalue weighted by Crippen LogP contribution is -2.36. The summed E-state index contributed by atoms with van der Waals surface area (Å²) in [5.41, 5.74) is 13.5. The van der Waals surface area contributed by atoms with Gasteiger partial charge in [0, 0.05) is 24.7 Å². The van der Waals surface area contributed by atoms with Gasteiger partial charge in [0.25, 0.3) is 0 Å². The van der Waals surface area contributed by atoms with Crippen molar-refractivity contribution in [1.29, 1.82) is 0 Å². The fourth-order valence-corrected chi connectivity index (χ4v) is 4.29. The first kappa shape index (κ1) is 15.9. The molecule has 2 saturated carbocycles. The molecule has 0 aromatic carbocycles. The van der Waals surface area contributed by atoms with Crippen LogP contribution in [-0.4, -0.2) is 32.5 Å². The second-order valence-electron chi connectivity index (χ2n) is 7.70. The number of hydrogen-bond acceptors (Lipinski definition) is 8. The van der Waals surface area contributed by atoms with Crippen LogP contribution in [0.15, 0.2) is 24.4 Å². The summed E-state index contributed by atoms with van der Waals surface area (Å²) in [7, 11) is 0. The average molecular weight is 352 g/mol. The predicted octanol–water partition coefficient (Wildman–Crippen LogP) is 1.31. The van der Waals surface area contributed by atoms with Crippen LogP contribution in [0.2, 0.25) is 0 Å². The smallest absolute Gasteiger partial charge is 0.228 e. The van der Waals surface area contributed by atoms with E-state index in [2.05, 4.69) is 31.1 Å². The number of rotatable bonds is 4. The maximum absolute atomic E-state index is 6.01. The predicted molar refractivity (Wildman–Crippen MR) is 98.0 cm³/mol. The molecule has 1 saturated heterocycles. The Morgan fingerprint density at radius 2 is 2.08 bits per heavy atom. The minimum atomic E-state index is -0.166. The number of fused-ring (bicyclic) bond motifs is 1. The fraction of sp³-hybridized carbons (Fsp3) is 0.556. The van der Waals surface area contributed by atoms with E-state index in [0.29, 0.717) is 23.8 Å². The minimum Gasteiger partial charge on any atom is -0.368 e. The zero-order valence-electron chi connectivity index (χ0n) is 14.7. The van der Waals surface area contributed by atoms with Gasteiger partial charge in [0.15, 0.2) is 0 Å². The van der Waals surface area contributed by atoms with Crippen LogP contribution < -0.4 is 21.9 Å². The molecule has 0 spiro atoms. The highest BCUT2D eigenvalue weighted by atomic mass is 15.4. The number of aromatic nitrogens is 4. The van der Waals surface area contributed by atoms with Crippen molar-refractivity contribution in [2.45, 2.75) is 49.6 Å². The molecule has 2 aromatic heterocycles. The number of hydrazine groups is 1. The van der Waals surface area contributed by atoms with Gasteiger partial charge in [0.05, 0.1) is 11.2 Å². The summed E-state index contributed by atoms with van der Waals surface area (Å²) >= 11 is 0. The van der Waals surface area contributed by atoms with Crippen molar-refractivity contribution in [1.82, 2.24) is 30.8 Å². The van der Waals surface area contributed by atoms with E-state index in [4.69, 9.17) is 10.7 Å². The van der Waals surface area contributed by atoms with E-state index in [9.17, 15) is 0 Å². The van der Waals surface area contributed by atoms with Gasteiger partial charge in [-0.2, -0.15) is 15.0 Å². The Morgan fingerprint density at radius 3 is 2.88 bits per heavy atom. The lowest BCUT2D eigenvalue weighted by Gasteiger charge is -2.30. The highest BCUT2D eigenvalue weighted by Gasteiger charge is 2.46. The molecule has 0 amide bonds. The standard InChI is InChI=1S/C18H24N8/c19-16-22-15(11-4-5-12-10-21-26-13(12)9-11)23-17(24-16)25-18(6-7-18)14-3-1-2-8-20-14/h1-3,8,11-13,21,26H,4-7,9-10H2,(H3,19,22,23,24,25). The molecule has 2 aliphatic carbocycles. The first-order chi connectivity index (χ1) is 12.7. The number of anilines is 2. The summed E-state index contributed by atoms with van der Waals surface area (Å²) in [4.78, 5) is 18.0. The van der Waals surface area contributed by atoms with Gasteiger partial charge in [-0.25, -0.2) is 0 Å². The molecule has 1 aliphatic heterocycles. The van der Waals surface area contributed by atoms with E-state index in [1.165, 1.54) is 6.42 Å². The Hall–Kier alpha value is -2.32. The third-order valence-corrected chi connectivity index (χ3v) is 5.94. The van der Waals surface area contributed by atoms with Crippen molar-refractivity contribution in [3.63, 3.8) is 0 Å². The molecule has 3 fully saturated rings. The van der Waals surface area contributed by atoms with E-state index in [1.54, 1.807) is 0 Å². The van der Waals surface area contributed by atoms with Crippen molar-refractivity contribution in [2.75, 3.05) is 17.6 Å². The van der Waals surface area contributed by atoms with Gasteiger partial charge in [-0.15, -0.1) is 0 Å². The maximum Gasteiger partial charge on any atom is 0.228 e. The lowest BCUT2D eigenvalue weighted by molar-refractivity contribution is 0.296. The normalized spacial score (nSPS) is 29.2. The molecule has 8 heteroatoms. The van der Waals surface area contributed by atoms with Crippen LogP contribution in [0.5, 0.6) is 0 Å². The molecule has 5 N–H and O–H groups in total. The summed E-state index contributed by atoms with van der Waals surface area (Å²) in [6.45, 7) is 1.05. The van der Waals surface area contributed by atoms with Crippen LogP contribution in [0.25, 0.3) is 0 Å². The number of hydrogen-bond donors (Lipinski definition) is 4. The Labute approximate surface area is 152 Å². The van der Waals surface area contributed by atoms with Crippen molar-refractivity contribution >= 4 is 11.9 Å². The average Bonchev–Trinajstić information content (AvgIpc) is 3.28. The summed E-state index contributed by atoms with van der Waals surface area (Å²) in [5.74, 6) is 2.69. The first-order valence-electron chi connectivity index (χ1n) is 9.41. The number of pyridine rings is 1. The highest BCUT2D eigenvalue weighted by molar-refractivity contribution is 5.41. The summed E-state index contributed by atoms with van der Waals surface area (Å²) in [5, 5.41) is 3.48. The SMILES string of the molecule is Nc1nc(NC2(c3ccccn3)CC2)nc(C2CCC3CNNC3C2)n1. The second kappa shape index (κ2) is 6.14. The van der Waals surface area contributed by atoms with E-state index >= 15 is 0 Å². The monoisotopic (exact) mass is 352 g/mol. The number of nitrogen functional groups attached to an aromatic ring is 1. The summed E-state index contributed by atoms with van der Waals surface area (Å²) in [6.07, 6.45) is 7.18. The third kappa shape index (κ3) is 2.89. The first-order valence-corrected chi connectivity index (χ1v) is 9.41. The van der Waals surface area contributed by atoms with Crippen LogP contribution in [0.1, 0.15) is 49.5 Å². The third-order valence-electron chi connectivity index (χ3n) is 5.94. The fourth-order valence-electron chi connectivity index (χ4n) is 4.29. The van der Waals surface area contributed by atoms with Gasteiger partial charge in [-0.05, 0) is 50.2 Å². The Balaban J connectivity index is 1.38. The van der Waals surface area contributed by atoms with Crippen LogP contribution in [0.3, 0.4) is 0 Å². The minimum absolute atomic E-state index is 0.166. The zero-order valence-corrected chi connectivity index (χ0v) is 14.7. The van der Waals surface area contributed by atoms with E-state index < -0.39 is 0 Å². The van der Waals surface area contributed by atoms with Crippen molar-refractivity contribution in [3.8, 4) is 0 Å². The van der Waals surface area contributed by atoms with Crippen molar-refractivity contribution in [3.05, 3.63) is 35.9 Å². The molecule has 26 heavy (non-hydrogen) atoms. The molecular weight excluding hydrogens is 328 g/mol. The molecule has 0 radical (unpaired) electrons. The van der Waals surface area contributed by atoms with E-state index in [1.807, 2.05) is 24.4 Å². The molecule has 136 valence electrons. The van der Waals surface area contributed by atoms with Crippen LogP contribution >= 0.6 is 0 Å². The summed E-state index contributed by atoms with van der Waals surface area (Å²) < 4.78 is 0. The molecule has 8 nitrogen and oxygen atoms in total. The molecule has 3 atom stereocenters. The van der Waals surface area contributed by atoms with Crippen LogP contribution in [-0.2, 0) is 5.54 Å². The van der Waals surface area contributed by atoms with E-state index in [-0.39, 0.29) is 11.5 Å². The van der Waals surface area contributed by atoms with Crippen LogP contribution in [0, 0.1) is 5.92 Å². The number of nitrogens with two attached hydrogens (primary N) is 1. The molecular formula is C18H24N8. The number of nitrogens with zero attached hydrogens (tertiary/aromatic N) is 4. The highest BCUT2D eigenvalue weighted by Crippen LogP contribution is 2.47. The molecule has 3 unspecified atom stereocenters. The van der Waals surface area contributed by atoms with Gasteiger partial charge in [0.1, 0.15) is 5.82 Å². The maximum atomic E-state index is 6.01. The van der Waals surface area contributed by atoms with E-state index in [0.717, 1.165) is 43.7 Å². The zero-order chi connectivity index (χ0) is 17.6. The molecule has 3 aliphatic rings. The number of nitrogens with one attached hydrogen (secondary N) is 3. The van der Waals surface area contributed by atoms with Gasteiger partial charge < -0.3 is 11.1 Å². The Bertz CT molecular complexity index is 791. The lowest BCUT2D eigenvalue weighted by atomic mass is 9.79. The quantitative estimate of drug-likeness (QED) is 0.651. The van der Waals surface area contributed by atoms with Crippen molar-refractivity contribution in [2.24, 2.45) is 5.92 Å². The van der Waals surface area contributed by atoms with Gasteiger partial charge in [-0.1, -0.05) is 6.07 Å². The Morgan fingerprint density at radius 1 is 1.15 bits per heavy atom. The largest absolute Gasteiger partial charge is 0.368 e. The van der Waals surface area contributed by atoms with Crippen LogP contribution in [0.4, 0.5) is 11.9 Å². The molecule has 3 heterocycles. The molecule has 5 rings (SSSR count). The summed E-state index contributed by atoms with van der Waals surface area (Å²) in [6, 6.07) is 6.48. The van der Waals surface area contributed by atoms with Gasteiger partial charge in [0.2, 0.25) is 11.9 Å². The van der Waals surface area contributed by atoms with Crippen molar-refractivity contribution < 1.29 is 0 Å². The van der Waals surface area contributed by atoms with Gasteiger partial charge >= 0.3 is 0 Å². The topological polar surface area (TPSA) is 114 Å². The molecule has 0 bridgehead atoms.